The summed E-state index contributed by atoms with van der Waals surface area (Å²) in [7, 11) is 0. The molecule has 1 unspecified atom stereocenters. The third-order valence-corrected chi connectivity index (χ3v) is 2.63. The SMILES string of the molecule is CCCC(CN)C(=O)Nc1cccc(OC(F)(F)F)c1. The number of alkyl halides is 3. The molecule has 0 radical (unpaired) electrons. The zero-order chi connectivity index (χ0) is 15.2. The van der Waals surface area contributed by atoms with E-state index >= 15 is 0 Å². The van der Waals surface area contributed by atoms with Crippen LogP contribution in [0.3, 0.4) is 0 Å². The Labute approximate surface area is 115 Å². The van der Waals surface area contributed by atoms with Crippen LogP contribution in [0.1, 0.15) is 19.8 Å². The lowest BCUT2D eigenvalue weighted by molar-refractivity contribution is -0.274. The highest BCUT2D eigenvalue weighted by Crippen LogP contribution is 2.25. The molecule has 1 atom stereocenters. The van der Waals surface area contributed by atoms with Crippen LogP contribution in [-0.2, 0) is 4.79 Å². The predicted molar refractivity (Wildman–Crippen MR) is 69.2 cm³/mol. The standard InChI is InChI=1S/C13H17F3N2O2/c1-2-4-9(8-17)12(19)18-10-5-3-6-11(7-10)20-13(14,15)16/h3,5-7,9H,2,4,8,17H2,1H3,(H,18,19). The van der Waals surface area contributed by atoms with Crippen LogP contribution >= 0.6 is 0 Å². The van der Waals surface area contributed by atoms with Crippen molar-refractivity contribution < 1.29 is 22.7 Å². The van der Waals surface area contributed by atoms with E-state index in [2.05, 4.69) is 10.1 Å². The molecule has 1 aromatic rings. The molecule has 1 aromatic carbocycles. The average Bonchev–Trinajstić information content (AvgIpc) is 2.34. The van der Waals surface area contributed by atoms with Gasteiger partial charge in [0.2, 0.25) is 5.91 Å². The van der Waals surface area contributed by atoms with Crippen molar-refractivity contribution in [1.29, 1.82) is 0 Å². The molecule has 1 amide bonds. The number of hydrogen-bond donors (Lipinski definition) is 2. The van der Waals surface area contributed by atoms with Crippen molar-refractivity contribution >= 4 is 11.6 Å². The van der Waals surface area contributed by atoms with Gasteiger partial charge >= 0.3 is 6.36 Å². The van der Waals surface area contributed by atoms with Gasteiger partial charge in [-0.25, -0.2) is 0 Å². The second-order valence-electron chi connectivity index (χ2n) is 4.29. The Balaban J connectivity index is 2.73. The first-order chi connectivity index (χ1) is 9.35. The fourth-order valence-corrected chi connectivity index (χ4v) is 1.72. The van der Waals surface area contributed by atoms with Crippen LogP contribution in [0, 0.1) is 5.92 Å². The average molecular weight is 290 g/mol. The number of carbonyl (C=O) groups is 1. The Morgan fingerprint density at radius 1 is 1.45 bits per heavy atom. The second kappa shape index (κ2) is 7.14. The van der Waals surface area contributed by atoms with Crippen LogP contribution in [0.2, 0.25) is 0 Å². The molecule has 0 saturated carbocycles. The van der Waals surface area contributed by atoms with Gasteiger partial charge in [-0.3, -0.25) is 4.79 Å². The first-order valence-electron chi connectivity index (χ1n) is 6.22. The van der Waals surface area contributed by atoms with Crippen molar-refractivity contribution in [3.63, 3.8) is 0 Å². The number of rotatable bonds is 6. The van der Waals surface area contributed by atoms with Crippen molar-refractivity contribution in [2.45, 2.75) is 26.1 Å². The van der Waals surface area contributed by atoms with Gasteiger partial charge in [0.25, 0.3) is 0 Å². The summed E-state index contributed by atoms with van der Waals surface area (Å²) in [6.45, 7) is 2.12. The molecular weight excluding hydrogens is 273 g/mol. The van der Waals surface area contributed by atoms with E-state index in [-0.39, 0.29) is 29.8 Å². The fraction of sp³-hybridized carbons (Fsp3) is 0.462. The number of benzene rings is 1. The zero-order valence-electron chi connectivity index (χ0n) is 11.0. The summed E-state index contributed by atoms with van der Waals surface area (Å²) < 4.78 is 40.1. The molecule has 3 N–H and O–H groups in total. The molecule has 0 heterocycles. The van der Waals surface area contributed by atoms with Gasteiger partial charge in [-0.1, -0.05) is 19.4 Å². The van der Waals surface area contributed by atoms with Crippen LogP contribution in [0.4, 0.5) is 18.9 Å². The van der Waals surface area contributed by atoms with Gasteiger partial charge in [-0.15, -0.1) is 13.2 Å². The van der Waals surface area contributed by atoms with E-state index in [1.165, 1.54) is 12.1 Å². The molecule has 0 fully saturated rings. The molecule has 4 nitrogen and oxygen atoms in total. The number of ether oxygens (including phenoxy) is 1. The maximum atomic E-state index is 12.1. The second-order valence-corrected chi connectivity index (χ2v) is 4.29. The van der Waals surface area contributed by atoms with E-state index in [9.17, 15) is 18.0 Å². The largest absolute Gasteiger partial charge is 0.573 e. The highest BCUT2D eigenvalue weighted by atomic mass is 19.4. The van der Waals surface area contributed by atoms with Crippen molar-refractivity contribution in [2.24, 2.45) is 11.7 Å². The number of nitrogens with one attached hydrogen (secondary N) is 1. The lowest BCUT2D eigenvalue weighted by atomic mass is 10.0. The van der Waals surface area contributed by atoms with E-state index in [4.69, 9.17) is 5.73 Å². The zero-order valence-corrected chi connectivity index (χ0v) is 11.0. The maximum Gasteiger partial charge on any atom is 0.573 e. The summed E-state index contributed by atoms with van der Waals surface area (Å²) in [5.41, 5.74) is 5.73. The van der Waals surface area contributed by atoms with E-state index in [0.717, 1.165) is 18.6 Å². The lowest BCUT2D eigenvalue weighted by Gasteiger charge is -2.15. The minimum absolute atomic E-state index is 0.193. The van der Waals surface area contributed by atoms with Crippen LogP contribution in [0.25, 0.3) is 0 Å². The van der Waals surface area contributed by atoms with E-state index < -0.39 is 6.36 Å². The van der Waals surface area contributed by atoms with Gasteiger partial charge in [0.1, 0.15) is 5.75 Å². The highest BCUT2D eigenvalue weighted by Gasteiger charge is 2.31. The summed E-state index contributed by atoms with van der Waals surface area (Å²) in [4.78, 5) is 11.9. The van der Waals surface area contributed by atoms with E-state index in [1.54, 1.807) is 0 Å². The van der Waals surface area contributed by atoms with Crippen LogP contribution in [-0.4, -0.2) is 18.8 Å². The van der Waals surface area contributed by atoms with Crippen molar-refractivity contribution in [1.82, 2.24) is 0 Å². The molecule has 1 rings (SSSR count). The van der Waals surface area contributed by atoms with E-state index in [1.807, 2.05) is 6.92 Å². The van der Waals surface area contributed by atoms with Crippen LogP contribution in [0.5, 0.6) is 5.75 Å². The van der Waals surface area contributed by atoms with Gasteiger partial charge < -0.3 is 15.8 Å². The van der Waals surface area contributed by atoms with Crippen LogP contribution in [0.15, 0.2) is 24.3 Å². The minimum atomic E-state index is -4.76. The van der Waals surface area contributed by atoms with Gasteiger partial charge in [0.15, 0.2) is 0 Å². The van der Waals surface area contributed by atoms with Crippen molar-refractivity contribution in [3.8, 4) is 5.75 Å². The fourth-order valence-electron chi connectivity index (χ4n) is 1.72. The van der Waals surface area contributed by atoms with Gasteiger partial charge in [-0.05, 0) is 18.6 Å². The molecule has 0 aromatic heterocycles. The Hall–Kier alpha value is -1.76. The molecule has 7 heteroatoms. The Kier molecular flexibility index (Phi) is 5.82. The number of nitrogens with two attached hydrogens (primary N) is 1. The molecular formula is C13H17F3N2O2. The number of anilines is 1. The third kappa shape index (κ3) is 5.48. The summed E-state index contributed by atoms with van der Waals surface area (Å²) in [5.74, 6) is -1.04. The maximum absolute atomic E-state index is 12.1. The first kappa shape index (κ1) is 16.3. The van der Waals surface area contributed by atoms with Crippen molar-refractivity contribution in [2.75, 3.05) is 11.9 Å². The topological polar surface area (TPSA) is 64.4 Å². The number of carbonyl (C=O) groups excluding carboxylic acids is 1. The molecule has 0 spiro atoms. The van der Waals surface area contributed by atoms with Crippen LogP contribution < -0.4 is 15.8 Å². The smallest absolute Gasteiger partial charge is 0.406 e. The summed E-state index contributed by atoms with van der Waals surface area (Å²) in [5, 5.41) is 2.54. The monoisotopic (exact) mass is 290 g/mol. The minimum Gasteiger partial charge on any atom is -0.406 e. The van der Waals surface area contributed by atoms with Gasteiger partial charge in [0, 0.05) is 18.3 Å². The Morgan fingerprint density at radius 2 is 2.15 bits per heavy atom. The van der Waals surface area contributed by atoms with Gasteiger partial charge in [0.05, 0.1) is 5.92 Å². The first-order valence-corrected chi connectivity index (χ1v) is 6.22. The molecule has 0 aliphatic heterocycles. The third-order valence-electron chi connectivity index (χ3n) is 2.63. The number of amides is 1. The number of hydrogen-bond acceptors (Lipinski definition) is 3. The van der Waals surface area contributed by atoms with Gasteiger partial charge in [-0.2, -0.15) is 0 Å². The molecule has 0 aliphatic carbocycles. The summed E-state index contributed by atoms with van der Waals surface area (Å²) in [6.07, 6.45) is -3.34. The predicted octanol–water partition coefficient (Wildman–Crippen LogP) is 2.90. The highest BCUT2D eigenvalue weighted by molar-refractivity contribution is 5.92. The summed E-state index contributed by atoms with van der Waals surface area (Å²) >= 11 is 0. The molecule has 0 bridgehead atoms. The molecule has 20 heavy (non-hydrogen) atoms. The van der Waals surface area contributed by atoms with E-state index in [0.29, 0.717) is 6.42 Å². The molecule has 0 saturated heterocycles. The Morgan fingerprint density at radius 3 is 2.70 bits per heavy atom. The molecule has 0 aliphatic rings. The van der Waals surface area contributed by atoms with Crippen molar-refractivity contribution in [3.05, 3.63) is 24.3 Å². The molecule has 112 valence electrons. The number of halogens is 3. The normalized spacial score (nSPS) is 12.8. The quantitative estimate of drug-likeness (QED) is 0.846. The Bertz CT molecular complexity index is 449. The lowest BCUT2D eigenvalue weighted by Crippen LogP contribution is -2.29. The summed E-state index contributed by atoms with van der Waals surface area (Å²) in [6, 6.07) is 5.13.